The summed E-state index contributed by atoms with van der Waals surface area (Å²) in [4.78, 5) is 6.81. The van der Waals surface area contributed by atoms with Crippen molar-refractivity contribution in [2.24, 2.45) is 0 Å². The summed E-state index contributed by atoms with van der Waals surface area (Å²) >= 11 is 0. The predicted octanol–water partition coefficient (Wildman–Crippen LogP) is 2.50. The maximum Gasteiger partial charge on any atom is 0.241 e. The van der Waals surface area contributed by atoms with Crippen LogP contribution in [0, 0.1) is 6.92 Å². The van der Waals surface area contributed by atoms with Gasteiger partial charge in [0.1, 0.15) is 0 Å². The lowest BCUT2D eigenvalue weighted by atomic mass is 10.2. The molecule has 7 heteroatoms. The highest BCUT2D eigenvalue weighted by atomic mass is 16.5. The Labute approximate surface area is 133 Å². The molecule has 0 aromatic carbocycles. The van der Waals surface area contributed by atoms with Crippen LogP contribution < -0.4 is 0 Å². The summed E-state index contributed by atoms with van der Waals surface area (Å²) in [7, 11) is 0. The zero-order valence-electron chi connectivity index (χ0n) is 13.1. The van der Waals surface area contributed by atoms with Gasteiger partial charge in [0, 0.05) is 12.2 Å². The Morgan fingerprint density at radius 1 is 1.39 bits per heavy atom. The van der Waals surface area contributed by atoms with Crippen molar-refractivity contribution < 1.29 is 8.94 Å². The van der Waals surface area contributed by atoms with Crippen molar-refractivity contribution in [2.45, 2.75) is 38.9 Å². The fourth-order valence-corrected chi connectivity index (χ4v) is 3.09. The maximum atomic E-state index is 5.37. The van der Waals surface area contributed by atoms with E-state index in [0.717, 1.165) is 19.5 Å². The highest BCUT2D eigenvalue weighted by Gasteiger charge is 2.27. The quantitative estimate of drug-likeness (QED) is 0.720. The first-order valence-corrected chi connectivity index (χ1v) is 7.87. The van der Waals surface area contributed by atoms with Crippen molar-refractivity contribution >= 4 is 0 Å². The fraction of sp³-hybridized carbons (Fsp3) is 0.438. The Morgan fingerprint density at radius 3 is 3.13 bits per heavy atom. The minimum atomic E-state index is 0.452. The van der Waals surface area contributed by atoms with Crippen LogP contribution in [0.15, 0.2) is 39.7 Å². The SMILES string of the molecule is Cc1cnn(C[C@@H]2CCCN2Cc2nc(-c3ccco3)no2)c1. The molecule has 0 bridgehead atoms. The predicted molar refractivity (Wildman–Crippen MR) is 82.4 cm³/mol. The molecule has 3 aromatic rings. The molecule has 1 saturated heterocycles. The second-order valence-electron chi connectivity index (χ2n) is 6.00. The third-order valence-electron chi connectivity index (χ3n) is 4.21. The molecule has 120 valence electrons. The van der Waals surface area contributed by atoms with Crippen LogP contribution in [0.1, 0.15) is 24.3 Å². The molecule has 0 saturated carbocycles. The molecule has 23 heavy (non-hydrogen) atoms. The Bertz CT molecular complexity index is 761. The fourth-order valence-electron chi connectivity index (χ4n) is 3.09. The molecule has 0 radical (unpaired) electrons. The van der Waals surface area contributed by atoms with Crippen LogP contribution in [-0.2, 0) is 13.1 Å². The van der Waals surface area contributed by atoms with Gasteiger partial charge in [-0.25, -0.2) is 0 Å². The molecule has 1 atom stereocenters. The number of hydrogen-bond donors (Lipinski definition) is 0. The van der Waals surface area contributed by atoms with E-state index < -0.39 is 0 Å². The van der Waals surface area contributed by atoms with E-state index >= 15 is 0 Å². The van der Waals surface area contributed by atoms with E-state index in [2.05, 4.69) is 33.3 Å². The molecule has 0 spiro atoms. The second-order valence-corrected chi connectivity index (χ2v) is 6.00. The van der Waals surface area contributed by atoms with Crippen molar-refractivity contribution in [1.82, 2.24) is 24.8 Å². The van der Waals surface area contributed by atoms with Gasteiger partial charge in [0.05, 0.1) is 25.5 Å². The molecular weight excluding hydrogens is 294 g/mol. The van der Waals surface area contributed by atoms with E-state index in [1.165, 1.54) is 12.0 Å². The molecule has 7 nitrogen and oxygen atoms in total. The topological polar surface area (TPSA) is 73.1 Å². The summed E-state index contributed by atoms with van der Waals surface area (Å²) in [6.45, 7) is 4.67. The molecule has 4 heterocycles. The van der Waals surface area contributed by atoms with E-state index in [1.54, 1.807) is 6.26 Å². The molecular formula is C16H19N5O2. The number of aromatic nitrogens is 4. The monoisotopic (exact) mass is 313 g/mol. The van der Waals surface area contributed by atoms with Gasteiger partial charge in [-0.3, -0.25) is 9.58 Å². The minimum Gasteiger partial charge on any atom is -0.461 e. The number of nitrogens with zero attached hydrogens (tertiary/aromatic N) is 5. The smallest absolute Gasteiger partial charge is 0.241 e. The van der Waals surface area contributed by atoms with E-state index in [9.17, 15) is 0 Å². The first kappa shape index (κ1) is 14.2. The van der Waals surface area contributed by atoms with Crippen molar-refractivity contribution in [2.75, 3.05) is 6.54 Å². The van der Waals surface area contributed by atoms with E-state index in [1.807, 2.05) is 23.0 Å². The van der Waals surface area contributed by atoms with E-state index in [-0.39, 0.29) is 0 Å². The van der Waals surface area contributed by atoms with Gasteiger partial charge in [-0.2, -0.15) is 10.1 Å². The number of furan rings is 1. The van der Waals surface area contributed by atoms with Crippen molar-refractivity contribution in [3.8, 4) is 11.6 Å². The highest BCUT2D eigenvalue weighted by molar-refractivity contribution is 5.44. The van der Waals surface area contributed by atoms with Gasteiger partial charge < -0.3 is 8.94 Å². The first-order chi connectivity index (χ1) is 11.3. The van der Waals surface area contributed by atoms with Gasteiger partial charge in [-0.05, 0) is 44.0 Å². The summed E-state index contributed by atoms with van der Waals surface area (Å²) in [5.41, 5.74) is 1.19. The standard InChI is InChI=1S/C16H19N5O2/c1-12-8-17-21(9-12)10-13-4-2-6-20(13)11-15-18-16(19-23-15)14-5-3-7-22-14/h3,5,7-9,13H,2,4,6,10-11H2,1H3/t13-/m0/s1. The summed E-state index contributed by atoms with van der Waals surface area (Å²) in [5.74, 6) is 1.76. The molecule has 3 aromatic heterocycles. The Morgan fingerprint density at radius 2 is 2.35 bits per heavy atom. The largest absolute Gasteiger partial charge is 0.461 e. The number of likely N-dealkylation sites (tertiary alicyclic amines) is 1. The van der Waals surface area contributed by atoms with Gasteiger partial charge in [0.25, 0.3) is 0 Å². The maximum absolute atomic E-state index is 5.37. The van der Waals surface area contributed by atoms with Crippen LogP contribution in [0.5, 0.6) is 0 Å². The Hall–Kier alpha value is -2.41. The van der Waals surface area contributed by atoms with Crippen LogP contribution >= 0.6 is 0 Å². The van der Waals surface area contributed by atoms with Gasteiger partial charge in [0.15, 0.2) is 5.76 Å². The summed E-state index contributed by atoms with van der Waals surface area (Å²) < 4.78 is 12.7. The first-order valence-electron chi connectivity index (χ1n) is 7.87. The third kappa shape index (κ3) is 3.05. The number of aryl methyl sites for hydroxylation is 1. The molecule has 0 aliphatic carbocycles. The highest BCUT2D eigenvalue weighted by Crippen LogP contribution is 2.22. The average molecular weight is 313 g/mol. The normalized spacial score (nSPS) is 18.7. The summed E-state index contributed by atoms with van der Waals surface area (Å²) in [5, 5.41) is 8.37. The van der Waals surface area contributed by atoms with Crippen molar-refractivity contribution in [3.63, 3.8) is 0 Å². The van der Waals surface area contributed by atoms with Gasteiger partial charge in [0.2, 0.25) is 11.7 Å². The van der Waals surface area contributed by atoms with Crippen LogP contribution in [0.3, 0.4) is 0 Å². The third-order valence-corrected chi connectivity index (χ3v) is 4.21. The summed E-state index contributed by atoms with van der Waals surface area (Å²) in [6, 6.07) is 4.09. The lowest BCUT2D eigenvalue weighted by Crippen LogP contribution is -2.32. The lowest BCUT2D eigenvalue weighted by Gasteiger charge is -2.22. The zero-order chi connectivity index (χ0) is 15.6. The van der Waals surface area contributed by atoms with E-state index in [4.69, 9.17) is 8.94 Å². The van der Waals surface area contributed by atoms with Gasteiger partial charge >= 0.3 is 0 Å². The molecule has 1 fully saturated rings. The van der Waals surface area contributed by atoms with Crippen molar-refractivity contribution in [3.05, 3.63) is 42.2 Å². The number of hydrogen-bond acceptors (Lipinski definition) is 6. The van der Waals surface area contributed by atoms with Crippen molar-refractivity contribution in [1.29, 1.82) is 0 Å². The molecule has 4 rings (SSSR count). The molecule has 0 unspecified atom stereocenters. The minimum absolute atomic E-state index is 0.452. The van der Waals surface area contributed by atoms with Gasteiger partial charge in [-0.15, -0.1) is 0 Å². The van der Waals surface area contributed by atoms with E-state index in [0.29, 0.717) is 30.1 Å². The van der Waals surface area contributed by atoms with Crippen LogP contribution in [0.2, 0.25) is 0 Å². The van der Waals surface area contributed by atoms with Crippen LogP contribution in [0.25, 0.3) is 11.6 Å². The molecule has 0 N–H and O–H groups in total. The van der Waals surface area contributed by atoms with Gasteiger partial charge in [-0.1, -0.05) is 5.16 Å². The Kier molecular flexibility index (Phi) is 3.70. The average Bonchev–Trinajstić information content (AvgIpc) is 3.29. The second kappa shape index (κ2) is 6.00. The molecule has 0 amide bonds. The lowest BCUT2D eigenvalue weighted by molar-refractivity contribution is 0.192. The zero-order valence-corrected chi connectivity index (χ0v) is 13.1. The van der Waals surface area contributed by atoms with Crippen LogP contribution in [0.4, 0.5) is 0 Å². The number of rotatable bonds is 5. The summed E-state index contributed by atoms with van der Waals surface area (Å²) in [6.07, 6.45) is 7.93. The van der Waals surface area contributed by atoms with Crippen LogP contribution in [-0.4, -0.2) is 37.4 Å². The molecule has 1 aliphatic rings. The molecule has 1 aliphatic heterocycles. The Balaban J connectivity index is 1.43.